The molecule has 0 unspecified atom stereocenters. The van der Waals surface area contributed by atoms with Crippen LogP contribution in [0.15, 0.2) is 230 Å². The van der Waals surface area contributed by atoms with Crippen molar-refractivity contribution in [1.82, 2.24) is 40.2 Å². The first-order valence-electron chi connectivity index (χ1n) is 39.6. The van der Waals surface area contributed by atoms with E-state index < -0.39 is 137 Å². The molecule has 0 heterocycles. The molecule has 1 saturated carbocycles. The second-order valence-corrected chi connectivity index (χ2v) is 39.7. The molecule has 10 aromatic rings. The lowest BCUT2D eigenvalue weighted by Crippen LogP contribution is -2.48. The predicted molar refractivity (Wildman–Crippen MR) is 497 cm³/mol. The highest BCUT2D eigenvalue weighted by molar-refractivity contribution is 14.1. The third-order valence-electron chi connectivity index (χ3n) is 18.1. The number of urea groups is 4. The van der Waals surface area contributed by atoms with Crippen molar-refractivity contribution < 1.29 is 96.2 Å². The maximum atomic E-state index is 13.1. The number of nitrogens with one attached hydrogen (secondary N) is 8. The molecule has 0 bridgehead atoms. The Kier molecular flexibility index (Phi) is 35.6. The van der Waals surface area contributed by atoms with Gasteiger partial charge in [-0.25, -0.2) is 71.7 Å². The number of non-ortho nitro benzene ring substituents is 4. The summed E-state index contributed by atoms with van der Waals surface area (Å²) in [6, 6.07) is 48.4. The van der Waals surface area contributed by atoms with Gasteiger partial charge in [0.2, 0.25) is 0 Å². The van der Waals surface area contributed by atoms with Crippen LogP contribution in [0.2, 0.25) is 0 Å². The average Bonchev–Trinajstić information content (AvgIpc) is 0.837. The van der Waals surface area contributed by atoms with E-state index in [4.69, 9.17) is 23.7 Å². The molecule has 0 aromatic heterocycles. The van der Waals surface area contributed by atoms with Gasteiger partial charge in [0.25, 0.3) is 62.8 Å². The fraction of sp³-hybridized carbons (Fsp3) is 0.264. The first kappa shape index (κ1) is 102. The highest BCUT2D eigenvalue weighted by atomic mass is 127. The fourth-order valence-electron chi connectivity index (χ4n) is 12.1. The quantitative estimate of drug-likeness (QED) is 0.00977. The summed E-state index contributed by atoms with van der Waals surface area (Å²) in [5.74, 6) is 1.31. The number of unbranched alkanes of at least 4 members (excludes halogenated alkanes) is 2. The highest BCUT2D eigenvalue weighted by Gasteiger charge is 2.33. The van der Waals surface area contributed by atoms with Crippen molar-refractivity contribution in [3.8, 4) is 74.0 Å². The van der Waals surface area contributed by atoms with Crippen LogP contribution in [0.5, 0.6) is 51.7 Å². The van der Waals surface area contributed by atoms with Crippen molar-refractivity contribution in [3.05, 3.63) is 271 Å². The van der Waals surface area contributed by atoms with E-state index in [1.165, 1.54) is 24.3 Å². The number of nitrogens with zero attached hydrogens (tertiary/aromatic N) is 4. The summed E-state index contributed by atoms with van der Waals surface area (Å²) in [6.07, 6.45) is 7.09. The van der Waals surface area contributed by atoms with Gasteiger partial charge >= 0.3 is 24.1 Å². The molecule has 0 atom stereocenters. The van der Waals surface area contributed by atoms with Crippen molar-refractivity contribution in [3.63, 3.8) is 0 Å². The molecular formula is C87H94BrIN12O25S4. The van der Waals surface area contributed by atoms with E-state index in [-0.39, 0.29) is 34.8 Å². The number of hydrogen-bond donors (Lipinski definition) is 8. The smallest absolute Gasteiger partial charge is 0.329 e. The van der Waals surface area contributed by atoms with Crippen molar-refractivity contribution in [2.75, 3.05) is 13.7 Å². The largest absolute Gasteiger partial charge is 0.496 e. The third kappa shape index (κ3) is 30.8. The molecule has 0 saturated heterocycles. The molecule has 43 heteroatoms. The zero-order chi connectivity index (χ0) is 95.8. The Morgan fingerprint density at radius 2 is 0.800 bits per heavy atom. The minimum atomic E-state index is -4.53. The number of nitro groups is 4. The number of benzene rings is 10. The Hall–Kier alpha value is -13.1. The molecule has 0 spiro atoms. The number of rotatable bonds is 28. The van der Waals surface area contributed by atoms with Gasteiger partial charge in [0.1, 0.15) is 71.3 Å². The van der Waals surface area contributed by atoms with Crippen molar-refractivity contribution >= 4 is 125 Å². The molecule has 0 radical (unpaired) electrons. The Labute approximate surface area is 772 Å². The molecule has 10 aromatic carbocycles. The Morgan fingerprint density at radius 3 is 1.22 bits per heavy atom. The van der Waals surface area contributed by atoms with Crippen molar-refractivity contribution in [1.29, 1.82) is 0 Å². The van der Waals surface area contributed by atoms with Gasteiger partial charge in [-0.1, -0.05) is 123 Å². The van der Waals surface area contributed by atoms with E-state index in [0.717, 1.165) is 132 Å². The van der Waals surface area contributed by atoms with Crippen LogP contribution in [0, 0.1) is 64.8 Å². The van der Waals surface area contributed by atoms with E-state index in [9.17, 15) is 93.3 Å². The minimum absolute atomic E-state index is 0.112. The lowest BCUT2D eigenvalue weighted by atomic mass is 9.96. The molecule has 130 heavy (non-hydrogen) atoms. The number of halogens is 2. The van der Waals surface area contributed by atoms with Gasteiger partial charge in [-0.05, 0) is 227 Å². The standard InChI is InChI=1S/C26H27N3O6S.C25H27N3O7S.C19H22BrN3O6S.C17H18IN3O6S/c1-18-10-12-19(13-11-18)20-6-5-9-23(16-20)35-24-15-14-22(29(31)32)17-25(24)36(33,34)28-26(30)27-21-7-3-2-4-8-21;1-16-9-11-21(34-5)20(13-16)17-7-6-8-19(14-17)35-22-12-10-18(28(30)31)15-23(22)36(32,33)27-24(29)26-25(2,3)4;1-3-4-5-10-21-19(24)22-30(27,28)18-12-14(23(25)26)7-9-17(18)29-16-8-6-13(2)11-15(16)20;1-17(2,3)19-16(22)20-28(25,26)15-10-11(21(23)24)8-9-14(15)27-13-7-5-4-6-12(13)18/h5-6,9-17,21H,2-4,7-8H2,1H3,(H2,27,28,30);6-15H,1-5H3,(H2,26,27,29);6-9,11-12H,3-5,10H2,1-2H3,(H2,21,22,24);4-10H,1-3H3,(H2,19,20,22). The molecule has 1 aliphatic carbocycles. The van der Waals surface area contributed by atoms with E-state index in [0.29, 0.717) is 44.0 Å². The zero-order valence-corrected chi connectivity index (χ0v) is 79.0. The number of carbonyl (C=O) groups excluding carboxylic acids is 4. The Bertz CT molecular complexity index is 6360. The number of methoxy groups -OCH3 is 1. The van der Waals surface area contributed by atoms with Crippen LogP contribution in [-0.4, -0.2) is 108 Å². The lowest BCUT2D eigenvalue weighted by Gasteiger charge is -2.22. The maximum Gasteiger partial charge on any atom is 0.329 e. The predicted octanol–water partition coefficient (Wildman–Crippen LogP) is 19.3. The molecule has 0 aliphatic heterocycles. The van der Waals surface area contributed by atoms with Crippen LogP contribution in [0.1, 0.15) is 117 Å². The molecule has 8 amide bonds. The van der Waals surface area contributed by atoms with Gasteiger partial charge in [-0.15, -0.1) is 0 Å². The van der Waals surface area contributed by atoms with Crippen LogP contribution >= 0.6 is 38.5 Å². The van der Waals surface area contributed by atoms with E-state index >= 15 is 0 Å². The van der Waals surface area contributed by atoms with E-state index in [1.54, 1.807) is 128 Å². The SMILES string of the molecule is CC(C)(C)NC(=O)NS(=O)(=O)c1cc([N+](=O)[O-])ccc1Oc1ccccc1I.CCCCCNC(=O)NS(=O)(=O)c1cc([N+](=O)[O-])ccc1Oc1ccc(C)cc1Br.COc1ccc(C)cc1-c1cccc(Oc2ccc([N+](=O)[O-])cc2S(=O)(=O)NC(=O)NC(C)(C)C)c1.Cc1ccc(-c2cccc(Oc3ccc([N+](=O)[O-])cc3S(=O)(=O)NC(=O)NC3CCCCC3)c2)cc1. The topological polar surface area (TPSA) is 520 Å². The van der Waals surface area contributed by atoms with Gasteiger partial charge in [-0.3, -0.25) is 40.5 Å². The Morgan fingerprint density at radius 1 is 0.415 bits per heavy atom. The van der Waals surface area contributed by atoms with E-state index in [1.807, 2.05) is 124 Å². The molecule has 11 rings (SSSR count). The number of para-hydroxylation sites is 1. The summed E-state index contributed by atoms with van der Waals surface area (Å²) in [6.45, 7) is 18.2. The number of aryl methyl sites for hydroxylation is 3. The maximum absolute atomic E-state index is 13.1. The number of sulfonamides is 4. The molecule has 690 valence electrons. The van der Waals surface area contributed by atoms with Crippen LogP contribution in [0.25, 0.3) is 22.3 Å². The second-order valence-electron chi connectivity index (χ2n) is 31.1. The van der Waals surface area contributed by atoms with Crippen LogP contribution < -0.4 is 63.8 Å². The van der Waals surface area contributed by atoms with Gasteiger partial charge in [-0.2, -0.15) is 0 Å². The summed E-state index contributed by atoms with van der Waals surface area (Å²) in [5.41, 5.74) is 3.23. The summed E-state index contributed by atoms with van der Waals surface area (Å²) >= 11 is 5.35. The van der Waals surface area contributed by atoms with Crippen LogP contribution in [-0.2, 0) is 40.1 Å². The zero-order valence-electron chi connectivity index (χ0n) is 72.0. The summed E-state index contributed by atoms with van der Waals surface area (Å²) in [4.78, 5) is 88.5. The Balaban J connectivity index is 0.000000215. The van der Waals surface area contributed by atoms with Crippen molar-refractivity contribution in [2.24, 2.45) is 0 Å². The summed E-state index contributed by atoms with van der Waals surface area (Å²) < 4.78 is 141. The fourth-order valence-corrected chi connectivity index (χ4v) is 17.4. The number of amides is 8. The minimum Gasteiger partial charge on any atom is -0.496 e. The van der Waals surface area contributed by atoms with Crippen LogP contribution in [0.4, 0.5) is 41.9 Å². The number of carbonyl (C=O) groups is 4. The van der Waals surface area contributed by atoms with Gasteiger partial charge in [0.15, 0.2) is 0 Å². The van der Waals surface area contributed by atoms with Gasteiger partial charge in [0, 0.05) is 77.8 Å². The monoisotopic (exact) mass is 2040 g/mol. The molecule has 1 aliphatic rings. The normalized spacial score (nSPS) is 12.1. The summed E-state index contributed by atoms with van der Waals surface area (Å²) in [5, 5.41) is 54.9. The second kappa shape index (κ2) is 45.2. The number of nitro benzene ring substituents is 4. The van der Waals surface area contributed by atoms with Crippen molar-refractivity contribution in [2.45, 2.75) is 157 Å². The van der Waals surface area contributed by atoms with Crippen LogP contribution in [0.3, 0.4) is 0 Å². The summed E-state index contributed by atoms with van der Waals surface area (Å²) in [7, 11) is -16.3. The molecule has 1 fully saturated rings. The van der Waals surface area contributed by atoms with E-state index in [2.05, 4.69) is 37.2 Å². The molecule has 37 nitrogen and oxygen atoms in total. The lowest BCUT2D eigenvalue weighted by molar-refractivity contribution is -0.385. The average molecular weight is 2040 g/mol. The molecular weight excluding hydrogens is 1950 g/mol. The molecule has 8 N–H and O–H groups in total. The first-order chi connectivity index (χ1) is 61.0. The third-order valence-corrected chi connectivity index (χ3v) is 25.1. The van der Waals surface area contributed by atoms with Gasteiger partial charge in [0.05, 0.1) is 34.8 Å². The number of hydrogen-bond acceptors (Lipinski definition) is 25. The van der Waals surface area contributed by atoms with Gasteiger partial charge < -0.3 is 45.0 Å². The first-order valence-corrected chi connectivity index (χ1v) is 47.5. The number of ether oxygens (including phenoxy) is 5. The highest BCUT2D eigenvalue weighted by Crippen LogP contribution is 2.41.